The van der Waals surface area contributed by atoms with E-state index in [2.05, 4.69) is 15.1 Å². The molecule has 3 rings (SSSR count). The molecule has 0 fully saturated rings. The molecule has 3 aromatic rings. The van der Waals surface area contributed by atoms with Crippen molar-refractivity contribution in [3.8, 4) is 11.4 Å². The number of imidazole rings is 1. The Morgan fingerprint density at radius 3 is 2.65 bits per heavy atom. The molecule has 2 heterocycles. The van der Waals surface area contributed by atoms with Gasteiger partial charge in [0.15, 0.2) is 0 Å². The molecule has 1 aromatic carbocycles. The van der Waals surface area contributed by atoms with Gasteiger partial charge >= 0.3 is 0 Å². The van der Waals surface area contributed by atoms with Crippen molar-refractivity contribution in [2.24, 2.45) is 0 Å². The van der Waals surface area contributed by atoms with E-state index in [0.29, 0.717) is 11.7 Å². The maximum atomic E-state index is 12.9. The summed E-state index contributed by atoms with van der Waals surface area (Å²) in [6, 6.07) is 5.89. The van der Waals surface area contributed by atoms with Crippen molar-refractivity contribution in [1.82, 2.24) is 19.7 Å². The lowest BCUT2D eigenvalue weighted by Gasteiger charge is -2.09. The van der Waals surface area contributed by atoms with Gasteiger partial charge in [-0.2, -0.15) is 4.98 Å². The highest BCUT2D eigenvalue weighted by atomic mass is 19.1. The second-order valence-electron chi connectivity index (χ2n) is 4.52. The fourth-order valence-corrected chi connectivity index (χ4v) is 2.04. The van der Waals surface area contributed by atoms with Crippen molar-refractivity contribution in [1.29, 1.82) is 0 Å². The summed E-state index contributed by atoms with van der Waals surface area (Å²) in [6.07, 6.45) is 3.59. The molecule has 0 spiro atoms. The van der Waals surface area contributed by atoms with E-state index < -0.39 is 0 Å². The molecular weight excluding hydrogens is 259 g/mol. The third-order valence-corrected chi connectivity index (χ3v) is 3.18. The molecule has 0 bridgehead atoms. The zero-order valence-electron chi connectivity index (χ0n) is 11.1. The molecule has 0 saturated heterocycles. The van der Waals surface area contributed by atoms with Crippen molar-refractivity contribution in [2.45, 2.75) is 19.9 Å². The molecule has 5 nitrogen and oxygen atoms in total. The fraction of sp³-hybridized carbons (Fsp3) is 0.214. The van der Waals surface area contributed by atoms with Crippen LogP contribution in [0.2, 0.25) is 0 Å². The highest BCUT2D eigenvalue weighted by molar-refractivity contribution is 5.53. The Morgan fingerprint density at radius 2 is 2.00 bits per heavy atom. The quantitative estimate of drug-likeness (QED) is 0.735. The number of hydrogen-bond donors (Lipinski definition) is 0. The first-order valence-corrected chi connectivity index (χ1v) is 6.24. The molecule has 1 atom stereocenters. The molecule has 20 heavy (non-hydrogen) atoms. The summed E-state index contributed by atoms with van der Waals surface area (Å²) in [7, 11) is 0. The van der Waals surface area contributed by atoms with Gasteiger partial charge in [0.1, 0.15) is 17.7 Å². The van der Waals surface area contributed by atoms with Crippen LogP contribution in [0.25, 0.3) is 11.4 Å². The Balaban J connectivity index is 1.90. The second-order valence-corrected chi connectivity index (χ2v) is 4.52. The molecule has 0 radical (unpaired) electrons. The Kier molecular flexibility index (Phi) is 3.06. The van der Waals surface area contributed by atoms with E-state index in [-0.39, 0.29) is 11.9 Å². The van der Waals surface area contributed by atoms with Crippen LogP contribution < -0.4 is 0 Å². The zero-order valence-corrected chi connectivity index (χ0v) is 11.1. The first-order chi connectivity index (χ1) is 9.65. The number of benzene rings is 1. The average molecular weight is 272 g/mol. The molecule has 6 heteroatoms. The maximum Gasteiger partial charge on any atom is 0.249 e. The molecule has 0 unspecified atom stereocenters. The van der Waals surface area contributed by atoms with Crippen molar-refractivity contribution in [2.75, 3.05) is 0 Å². The minimum absolute atomic E-state index is 0.0980. The smallest absolute Gasteiger partial charge is 0.249 e. The third-order valence-electron chi connectivity index (χ3n) is 3.18. The van der Waals surface area contributed by atoms with Gasteiger partial charge in [0.05, 0.1) is 0 Å². The van der Waals surface area contributed by atoms with Crippen LogP contribution in [0.5, 0.6) is 0 Å². The van der Waals surface area contributed by atoms with Crippen LogP contribution in [-0.4, -0.2) is 19.7 Å². The highest BCUT2D eigenvalue weighted by Gasteiger charge is 2.17. The van der Waals surface area contributed by atoms with Gasteiger partial charge in [0, 0.05) is 18.0 Å². The summed E-state index contributed by atoms with van der Waals surface area (Å²) < 4.78 is 20.1. The van der Waals surface area contributed by atoms with Crippen LogP contribution in [-0.2, 0) is 0 Å². The van der Waals surface area contributed by atoms with Crippen molar-refractivity contribution >= 4 is 0 Å². The number of aryl methyl sites for hydroxylation is 1. The zero-order chi connectivity index (χ0) is 14.1. The van der Waals surface area contributed by atoms with Crippen LogP contribution in [0.4, 0.5) is 4.39 Å². The van der Waals surface area contributed by atoms with Crippen LogP contribution in [0.1, 0.15) is 24.7 Å². The van der Waals surface area contributed by atoms with E-state index in [0.717, 1.165) is 11.4 Å². The second kappa shape index (κ2) is 4.88. The first-order valence-electron chi connectivity index (χ1n) is 6.24. The predicted octanol–water partition coefficient (Wildman–Crippen LogP) is 2.99. The number of hydrogen-bond acceptors (Lipinski definition) is 4. The molecule has 0 aliphatic carbocycles. The summed E-state index contributed by atoms with van der Waals surface area (Å²) in [4.78, 5) is 8.53. The van der Waals surface area contributed by atoms with Gasteiger partial charge < -0.3 is 9.09 Å². The minimum Gasteiger partial charge on any atom is -0.337 e. The van der Waals surface area contributed by atoms with Gasteiger partial charge in [-0.15, -0.1) is 0 Å². The van der Waals surface area contributed by atoms with Gasteiger partial charge in [-0.1, -0.05) is 5.16 Å². The number of rotatable bonds is 3. The minimum atomic E-state index is -0.292. The normalized spacial score (nSPS) is 12.6. The Morgan fingerprint density at radius 1 is 1.25 bits per heavy atom. The lowest BCUT2D eigenvalue weighted by molar-refractivity contribution is 0.344. The SMILES string of the molecule is Cc1nccn1[C@@H](C)c1nc(-c2ccc(F)cc2)no1. The van der Waals surface area contributed by atoms with Crippen LogP contribution in [0, 0.1) is 12.7 Å². The lowest BCUT2D eigenvalue weighted by atomic mass is 10.2. The summed E-state index contributed by atoms with van der Waals surface area (Å²) in [6.45, 7) is 3.87. The summed E-state index contributed by atoms with van der Waals surface area (Å²) in [5, 5.41) is 3.93. The Labute approximate surface area is 115 Å². The molecular formula is C14H13FN4O. The van der Waals surface area contributed by atoms with Crippen molar-refractivity contribution in [3.63, 3.8) is 0 Å². The number of halogens is 1. The van der Waals surface area contributed by atoms with Gasteiger partial charge in [-0.3, -0.25) is 0 Å². The molecule has 0 aliphatic rings. The number of aromatic nitrogens is 4. The lowest BCUT2D eigenvalue weighted by Crippen LogP contribution is -2.07. The van der Waals surface area contributed by atoms with E-state index in [4.69, 9.17) is 4.52 Å². The van der Waals surface area contributed by atoms with Gasteiger partial charge in [0.25, 0.3) is 0 Å². The van der Waals surface area contributed by atoms with Crippen LogP contribution >= 0.6 is 0 Å². The van der Waals surface area contributed by atoms with Crippen molar-refractivity contribution in [3.05, 3.63) is 54.2 Å². The molecule has 2 aromatic heterocycles. The van der Waals surface area contributed by atoms with Gasteiger partial charge in [0.2, 0.25) is 11.7 Å². The highest BCUT2D eigenvalue weighted by Crippen LogP contribution is 2.21. The van der Waals surface area contributed by atoms with Gasteiger partial charge in [-0.05, 0) is 38.1 Å². The molecule has 0 amide bonds. The van der Waals surface area contributed by atoms with Crippen LogP contribution in [0.15, 0.2) is 41.2 Å². The predicted molar refractivity (Wildman–Crippen MR) is 70.5 cm³/mol. The Bertz CT molecular complexity index is 717. The van der Waals surface area contributed by atoms with E-state index in [1.54, 1.807) is 18.3 Å². The maximum absolute atomic E-state index is 12.9. The molecule has 0 N–H and O–H groups in total. The first kappa shape index (κ1) is 12.5. The van der Waals surface area contributed by atoms with Crippen LogP contribution in [0.3, 0.4) is 0 Å². The third kappa shape index (κ3) is 2.20. The summed E-state index contributed by atoms with van der Waals surface area (Å²) in [5.41, 5.74) is 0.718. The fourth-order valence-electron chi connectivity index (χ4n) is 2.04. The topological polar surface area (TPSA) is 56.7 Å². The Hall–Kier alpha value is -2.50. The largest absolute Gasteiger partial charge is 0.337 e. The molecule has 0 saturated carbocycles. The van der Waals surface area contributed by atoms with E-state index in [9.17, 15) is 4.39 Å². The summed E-state index contributed by atoms with van der Waals surface area (Å²) in [5.74, 6) is 1.52. The standard InChI is InChI=1S/C14H13FN4O/c1-9(19-8-7-16-10(19)2)14-17-13(18-20-14)11-3-5-12(15)6-4-11/h3-9H,1-2H3/t9-/m0/s1. The molecule has 0 aliphatic heterocycles. The van der Waals surface area contributed by atoms with Gasteiger partial charge in [-0.25, -0.2) is 9.37 Å². The monoisotopic (exact) mass is 272 g/mol. The molecule has 102 valence electrons. The summed E-state index contributed by atoms with van der Waals surface area (Å²) >= 11 is 0. The average Bonchev–Trinajstić information content (AvgIpc) is 3.08. The van der Waals surface area contributed by atoms with E-state index in [1.165, 1.54) is 12.1 Å². The van der Waals surface area contributed by atoms with Crippen molar-refractivity contribution < 1.29 is 8.91 Å². The number of nitrogens with zero attached hydrogens (tertiary/aromatic N) is 4. The van der Waals surface area contributed by atoms with E-state index in [1.807, 2.05) is 24.6 Å². The van der Waals surface area contributed by atoms with E-state index >= 15 is 0 Å².